The highest BCUT2D eigenvalue weighted by molar-refractivity contribution is 7.17. The minimum absolute atomic E-state index is 0.0460. The number of aromatic nitrogens is 3. The number of hydrogen-bond acceptors (Lipinski definition) is 6. The normalized spacial score (nSPS) is 11.1. The number of hydrogen-bond donors (Lipinski definition) is 1. The largest absolute Gasteiger partial charge is 0.354 e. The van der Waals surface area contributed by atoms with Crippen LogP contribution in [0.1, 0.15) is 21.1 Å². The number of anilines is 1. The Bertz CT molecular complexity index is 1020. The first kappa shape index (κ1) is 16.0. The van der Waals surface area contributed by atoms with E-state index in [1.165, 1.54) is 28.4 Å². The summed E-state index contributed by atoms with van der Waals surface area (Å²) in [5.74, 6) is 0.454. The summed E-state index contributed by atoms with van der Waals surface area (Å²) in [5.41, 5.74) is 2.52. The minimum Gasteiger partial charge on any atom is -0.354 e. The maximum Gasteiger partial charge on any atom is 0.224 e. The molecule has 126 valence electrons. The van der Waals surface area contributed by atoms with E-state index in [2.05, 4.69) is 25.9 Å². The fraction of sp³-hybridized carbons (Fsp3) is 0.167. The summed E-state index contributed by atoms with van der Waals surface area (Å²) in [6.07, 6.45) is 2.89. The summed E-state index contributed by atoms with van der Waals surface area (Å²) in [5, 5.41) is 7.10. The summed E-state index contributed by atoms with van der Waals surface area (Å²) < 4.78 is 2.93. The number of thiophene rings is 2. The molecule has 7 heteroatoms. The molecule has 5 nitrogen and oxygen atoms in total. The Morgan fingerprint density at radius 3 is 2.84 bits per heavy atom. The highest BCUT2D eigenvalue weighted by Crippen LogP contribution is 2.26. The molecule has 0 atom stereocenters. The SMILES string of the molecule is Cn1cccc1CCNc1nc(C(=O)c2cccs2)c2sccc2n1. The van der Waals surface area contributed by atoms with E-state index in [0.717, 1.165) is 16.6 Å². The highest BCUT2D eigenvalue weighted by Gasteiger charge is 2.18. The van der Waals surface area contributed by atoms with Gasteiger partial charge in [-0.2, -0.15) is 0 Å². The molecule has 0 fully saturated rings. The van der Waals surface area contributed by atoms with Crippen LogP contribution in [0.25, 0.3) is 10.2 Å². The number of carbonyl (C=O) groups is 1. The van der Waals surface area contributed by atoms with Gasteiger partial charge in [-0.25, -0.2) is 9.97 Å². The van der Waals surface area contributed by atoms with Gasteiger partial charge >= 0.3 is 0 Å². The summed E-state index contributed by atoms with van der Waals surface area (Å²) in [6.45, 7) is 0.708. The fourth-order valence-electron chi connectivity index (χ4n) is 2.68. The molecule has 0 amide bonds. The van der Waals surface area contributed by atoms with Gasteiger partial charge in [-0.05, 0) is 35.0 Å². The zero-order valence-corrected chi connectivity index (χ0v) is 15.2. The number of rotatable bonds is 6. The van der Waals surface area contributed by atoms with Crippen LogP contribution in [0.3, 0.4) is 0 Å². The lowest BCUT2D eigenvalue weighted by Gasteiger charge is -2.08. The van der Waals surface area contributed by atoms with E-state index in [4.69, 9.17) is 0 Å². The zero-order chi connectivity index (χ0) is 17.2. The van der Waals surface area contributed by atoms with Crippen molar-refractivity contribution in [2.24, 2.45) is 7.05 Å². The van der Waals surface area contributed by atoms with Crippen molar-refractivity contribution in [3.05, 3.63) is 63.6 Å². The number of nitrogens with one attached hydrogen (secondary N) is 1. The summed E-state index contributed by atoms with van der Waals surface area (Å²) in [4.78, 5) is 22.5. The summed E-state index contributed by atoms with van der Waals surface area (Å²) in [6, 6.07) is 9.76. The molecule has 0 saturated heterocycles. The van der Waals surface area contributed by atoms with Crippen LogP contribution in [-0.2, 0) is 13.5 Å². The van der Waals surface area contributed by atoms with Crippen LogP contribution in [0.4, 0.5) is 5.95 Å². The van der Waals surface area contributed by atoms with Crippen LogP contribution in [-0.4, -0.2) is 26.9 Å². The molecule has 4 aromatic rings. The molecule has 25 heavy (non-hydrogen) atoms. The van der Waals surface area contributed by atoms with Gasteiger partial charge in [0.25, 0.3) is 0 Å². The highest BCUT2D eigenvalue weighted by atomic mass is 32.1. The van der Waals surface area contributed by atoms with Crippen molar-refractivity contribution in [1.29, 1.82) is 0 Å². The monoisotopic (exact) mass is 368 g/mol. The van der Waals surface area contributed by atoms with Crippen LogP contribution < -0.4 is 5.32 Å². The number of carbonyl (C=O) groups excluding carboxylic acids is 1. The van der Waals surface area contributed by atoms with Crippen molar-refractivity contribution in [2.75, 3.05) is 11.9 Å². The molecule has 4 heterocycles. The lowest BCUT2D eigenvalue weighted by Crippen LogP contribution is -2.12. The van der Waals surface area contributed by atoms with E-state index in [-0.39, 0.29) is 5.78 Å². The first-order chi connectivity index (χ1) is 12.2. The Kier molecular flexibility index (Phi) is 4.33. The van der Waals surface area contributed by atoms with Gasteiger partial charge in [0.05, 0.1) is 15.1 Å². The molecule has 0 aliphatic heterocycles. The second-order valence-electron chi connectivity index (χ2n) is 5.62. The van der Waals surface area contributed by atoms with E-state index in [0.29, 0.717) is 23.1 Å². The predicted molar refractivity (Wildman–Crippen MR) is 103 cm³/mol. The molecular weight excluding hydrogens is 352 g/mol. The molecule has 0 saturated carbocycles. The Morgan fingerprint density at radius 1 is 1.16 bits per heavy atom. The van der Waals surface area contributed by atoms with E-state index in [1.54, 1.807) is 0 Å². The second kappa shape index (κ2) is 6.78. The maximum atomic E-state index is 12.8. The van der Waals surface area contributed by atoms with Crippen LogP contribution in [0.5, 0.6) is 0 Å². The Labute approximate surface area is 153 Å². The van der Waals surface area contributed by atoms with Gasteiger partial charge in [0.2, 0.25) is 11.7 Å². The van der Waals surface area contributed by atoms with Crippen molar-refractivity contribution in [3.63, 3.8) is 0 Å². The summed E-state index contributed by atoms with van der Waals surface area (Å²) >= 11 is 2.93. The van der Waals surface area contributed by atoms with E-state index >= 15 is 0 Å². The van der Waals surface area contributed by atoms with Gasteiger partial charge in [0.1, 0.15) is 5.69 Å². The molecule has 1 N–H and O–H groups in total. The average Bonchev–Trinajstić information content (AvgIpc) is 3.35. The summed E-state index contributed by atoms with van der Waals surface area (Å²) in [7, 11) is 2.03. The van der Waals surface area contributed by atoms with Crippen molar-refractivity contribution in [3.8, 4) is 0 Å². The Morgan fingerprint density at radius 2 is 2.08 bits per heavy atom. The third kappa shape index (κ3) is 3.20. The van der Waals surface area contributed by atoms with Gasteiger partial charge < -0.3 is 9.88 Å². The van der Waals surface area contributed by atoms with Crippen LogP contribution >= 0.6 is 22.7 Å². The molecule has 0 aromatic carbocycles. The second-order valence-corrected chi connectivity index (χ2v) is 7.49. The Balaban J connectivity index is 1.59. The van der Waals surface area contributed by atoms with Crippen molar-refractivity contribution in [2.45, 2.75) is 6.42 Å². The standard InChI is InChI=1S/C18H16N4OS2/c1-22-9-2-4-12(22)6-8-19-18-20-13-7-11-25-17(13)15(21-18)16(23)14-5-3-10-24-14/h2-5,7,9-11H,6,8H2,1H3,(H,19,20,21). The number of ketones is 1. The molecule has 4 rings (SSSR count). The van der Waals surface area contributed by atoms with Crippen LogP contribution in [0, 0.1) is 0 Å². The first-order valence-electron chi connectivity index (χ1n) is 7.90. The topological polar surface area (TPSA) is 59.8 Å². The predicted octanol–water partition coefficient (Wildman–Crippen LogP) is 3.98. The third-order valence-electron chi connectivity index (χ3n) is 3.98. The maximum absolute atomic E-state index is 12.8. The molecule has 0 unspecified atom stereocenters. The lowest BCUT2D eigenvalue weighted by atomic mass is 10.2. The van der Waals surface area contributed by atoms with Gasteiger partial charge in [0.15, 0.2) is 0 Å². The number of aryl methyl sites for hydroxylation is 1. The van der Waals surface area contributed by atoms with E-state index in [1.807, 2.05) is 48.3 Å². The minimum atomic E-state index is -0.0460. The lowest BCUT2D eigenvalue weighted by molar-refractivity contribution is 0.104. The molecule has 0 spiro atoms. The number of fused-ring (bicyclic) bond motifs is 1. The molecule has 0 aliphatic rings. The van der Waals surface area contributed by atoms with Gasteiger partial charge in [-0.1, -0.05) is 6.07 Å². The van der Waals surface area contributed by atoms with Crippen molar-refractivity contribution in [1.82, 2.24) is 14.5 Å². The van der Waals surface area contributed by atoms with Gasteiger partial charge in [0, 0.05) is 31.9 Å². The molecule has 4 aromatic heterocycles. The van der Waals surface area contributed by atoms with Crippen molar-refractivity contribution < 1.29 is 4.79 Å². The van der Waals surface area contributed by atoms with Gasteiger partial charge in [-0.15, -0.1) is 22.7 Å². The van der Waals surface area contributed by atoms with E-state index < -0.39 is 0 Å². The zero-order valence-electron chi connectivity index (χ0n) is 13.6. The smallest absolute Gasteiger partial charge is 0.224 e. The molecular formula is C18H16N4OS2. The first-order valence-corrected chi connectivity index (χ1v) is 9.66. The Hall–Kier alpha value is -2.51. The van der Waals surface area contributed by atoms with Crippen LogP contribution in [0.2, 0.25) is 0 Å². The van der Waals surface area contributed by atoms with Crippen LogP contribution in [0.15, 0.2) is 47.3 Å². The number of nitrogens with zero attached hydrogens (tertiary/aromatic N) is 3. The quantitative estimate of drug-likeness (QED) is 0.523. The van der Waals surface area contributed by atoms with Crippen molar-refractivity contribution >= 4 is 44.6 Å². The average molecular weight is 368 g/mol. The van der Waals surface area contributed by atoms with Gasteiger partial charge in [-0.3, -0.25) is 4.79 Å². The molecule has 0 radical (unpaired) electrons. The fourth-order valence-corrected chi connectivity index (χ4v) is 4.16. The third-order valence-corrected chi connectivity index (χ3v) is 5.76. The molecule has 0 bridgehead atoms. The molecule has 0 aliphatic carbocycles. The van der Waals surface area contributed by atoms with E-state index in [9.17, 15) is 4.79 Å².